The molecule has 1 atom stereocenters. The predicted molar refractivity (Wildman–Crippen MR) is 122 cm³/mol. The van der Waals surface area contributed by atoms with Crippen molar-refractivity contribution in [2.24, 2.45) is 5.92 Å². The van der Waals surface area contributed by atoms with Gasteiger partial charge in [0.25, 0.3) is 0 Å². The first kappa shape index (κ1) is 21.8. The largest absolute Gasteiger partial charge is 0.342 e. The van der Waals surface area contributed by atoms with Crippen LogP contribution < -0.4 is 0 Å². The van der Waals surface area contributed by atoms with Gasteiger partial charge in [0.15, 0.2) is 11.0 Å². The summed E-state index contributed by atoms with van der Waals surface area (Å²) in [6.45, 7) is 5.62. The number of nitrogens with zero attached hydrogens (tertiary/aromatic N) is 4. The van der Waals surface area contributed by atoms with Gasteiger partial charge in [-0.1, -0.05) is 54.6 Å². The standard InChI is InChI=1S/C23H24ClFN4OS/c1-15-11-13-28(14-12-15)22(30)16(2)31-23-27-26-21(17-7-3-4-8-18(17)24)29(23)20-10-6-5-9-19(20)25/h3-10,15-16H,11-14H2,1-2H3. The van der Waals surface area contributed by atoms with E-state index in [1.165, 1.54) is 17.8 Å². The molecule has 0 spiro atoms. The number of amides is 1. The van der Waals surface area contributed by atoms with Gasteiger partial charge in [-0.15, -0.1) is 10.2 Å². The molecule has 2 heterocycles. The van der Waals surface area contributed by atoms with Crippen LogP contribution in [0, 0.1) is 11.7 Å². The third-order valence-corrected chi connectivity index (χ3v) is 6.93. The highest BCUT2D eigenvalue weighted by Crippen LogP contribution is 2.34. The van der Waals surface area contributed by atoms with Crippen molar-refractivity contribution in [1.29, 1.82) is 0 Å². The number of benzene rings is 2. The van der Waals surface area contributed by atoms with E-state index in [9.17, 15) is 9.18 Å². The van der Waals surface area contributed by atoms with Crippen LogP contribution in [0.3, 0.4) is 0 Å². The van der Waals surface area contributed by atoms with Crippen molar-refractivity contribution in [3.8, 4) is 17.1 Å². The van der Waals surface area contributed by atoms with Gasteiger partial charge in [-0.05, 0) is 49.9 Å². The van der Waals surface area contributed by atoms with Gasteiger partial charge >= 0.3 is 0 Å². The lowest BCUT2D eigenvalue weighted by Gasteiger charge is -2.32. The van der Waals surface area contributed by atoms with Crippen LogP contribution in [0.2, 0.25) is 5.02 Å². The fourth-order valence-corrected chi connectivity index (χ4v) is 4.87. The number of aromatic nitrogens is 3. The van der Waals surface area contributed by atoms with E-state index in [1.807, 2.05) is 30.0 Å². The predicted octanol–water partition coefficient (Wildman–Crippen LogP) is 5.47. The Hall–Kier alpha value is -2.38. The summed E-state index contributed by atoms with van der Waals surface area (Å²) < 4.78 is 16.4. The Morgan fingerprint density at radius 1 is 1.13 bits per heavy atom. The average Bonchev–Trinajstić information content (AvgIpc) is 3.17. The van der Waals surface area contributed by atoms with Crippen molar-refractivity contribution in [2.45, 2.75) is 37.1 Å². The van der Waals surface area contributed by atoms with Gasteiger partial charge in [0.1, 0.15) is 5.82 Å². The first-order valence-electron chi connectivity index (χ1n) is 10.4. The van der Waals surface area contributed by atoms with Gasteiger partial charge in [0, 0.05) is 18.7 Å². The molecule has 0 aliphatic carbocycles. The minimum absolute atomic E-state index is 0.0688. The van der Waals surface area contributed by atoms with Crippen LogP contribution in [0.1, 0.15) is 26.7 Å². The second kappa shape index (κ2) is 9.40. The van der Waals surface area contributed by atoms with Crippen LogP contribution in [-0.2, 0) is 4.79 Å². The molecule has 0 saturated carbocycles. The maximum absolute atomic E-state index is 14.8. The molecule has 1 saturated heterocycles. The maximum atomic E-state index is 14.8. The SMILES string of the molecule is CC1CCN(C(=O)C(C)Sc2nnc(-c3ccccc3Cl)n2-c2ccccc2F)CC1. The van der Waals surface area contributed by atoms with E-state index in [2.05, 4.69) is 17.1 Å². The zero-order valence-corrected chi connectivity index (χ0v) is 19.0. The lowest BCUT2D eigenvalue weighted by molar-refractivity contribution is -0.131. The van der Waals surface area contributed by atoms with Crippen LogP contribution in [0.25, 0.3) is 17.1 Å². The minimum atomic E-state index is -0.401. The monoisotopic (exact) mass is 458 g/mol. The van der Waals surface area contributed by atoms with E-state index in [1.54, 1.807) is 28.8 Å². The molecule has 4 rings (SSSR count). The van der Waals surface area contributed by atoms with Crippen LogP contribution in [0.4, 0.5) is 4.39 Å². The Kier molecular flexibility index (Phi) is 6.62. The lowest BCUT2D eigenvalue weighted by atomic mass is 9.99. The van der Waals surface area contributed by atoms with Crippen molar-refractivity contribution >= 4 is 29.3 Å². The molecule has 1 unspecified atom stereocenters. The number of hydrogen-bond donors (Lipinski definition) is 0. The normalized spacial score (nSPS) is 15.8. The summed E-state index contributed by atoms with van der Waals surface area (Å²) in [6, 6.07) is 13.7. The number of likely N-dealkylation sites (tertiary alicyclic amines) is 1. The molecule has 1 fully saturated rings. The molecule has 2 aromatic carbocycles. The summed E-state index contributed by atoms with van der Waals surface area (Å²) in [5.74, 6) is 0.750. The Morgan fingerprint density at radius 2 is 1.81 bits per heavy atom. The Labute approximate surface area is 190 Å². The van der Waals surface area contributed by atoms with E-state index >= 15 is 0 Å². The van der Waals surface area contributed by atoms with Gasteiger partial charge in [0.2, 0.25) is 5.91 Å². The molecule has 5 nitrogen and oxygen atoms in total. The molecule has 3 aromatic rings. The van der Waals surface area contributed by atoms with Crippen molar-refractivity contribution in [3.63, 3.8) is 0 Å². The average molecular weight is 459 g/mol. The molecular weight excluding hydrogens is 435 g/mol. The lowest BCUT2D eigenvalue weighted by Crippen LogP contribution is -2.41. The molecule has 0 bridgehead atoms. The highest BCUT2D eigenvalue weighted by molar-refractivity contribution is 8.00. The van der Waals surface area contributed by atoms with E-state index in [0.29, 0.717) is 33.2 Å². The van der Waals surface area contributed by atoms with E-state index in [-0.39, 0.29) is 11.2 Å². The van der Waals surface area contributed by atoms with Crippen molar-refractivity contribution in [3.05, 3.63) is 59.4 Å². The Balaban J connectivity index is 1.69. The van der Waals surface area contributed by atoms with Crippen LogP contribution >= 0.6 is 23.4 Å². The van der Waals surface area contributed by atoms with Gasteiger partial charge in [-0.25, -0.2) is 4.39 Å². The second-order valence-electron chi connectivity index (χ2n) is 7.84. The third kappa shape index (κ3) is 4.62. The van der Waals surface area contributed by atoms with E-state index in [4.69, 9.17) is 11.6 Å². The minimum Gasteiger partial charge on any atom is -0.342 e. The molecule has 1 aromatic heterocycles. The molecule has 0 radical (unpaired) electrons. The Morgan fingerprint density at radius 3 is 2.52 bits per heavy atom. The van der Waals surface area contributed by atoms with Crippen LogP contribution in [0.15, 0.2) is 53.7 Å². The third-order valence-electron chi connectivity index (χ3n) is 5.57. The molecule has 31 heavy (non-hydrogen) atoms. The number of thioether (sulfide) groups is 1. The van der Waals surface area contributed by atoms with Crippen LogP contribution in [-0.4, -0.2) is 43.9 Å². The number of hydrogen-bond acceptors (Lipinski definition) is 4. The van der Waals surface area contributed by atoms with Crippen molar-refractivity contribution < 1.29 is 9.18 Å². The topological polar surface area (TPSA) is 51.0 Å². The second-order valence-corrected chi connectivity index (χ2v) is 9.56. The number of rotatable bonds is 5. The molecule has 1 amide bonds. The summed E-state index contributed by atoms with van der Waals surface area (Å²) in [7, 11) is 0. The first-order chi connectivity index (χ1) is 15.0. The highest BCUT2D eigenvalue weighted by atomic mass is 35.5. The van der Waals surface area contributed by atoms with Gasteiger partial charge in [-0.2, -0.15) is 0 Å². The number of carbonyl (C=O) groups excluding carboxylic acids is 1. The van der Waals surface area contributed by atoms with Crippen LogP contribution in [0.5, 0.6) is 0 Å². The summed E-state index contributed by atoms with van der Waals surface area (Å²) in [4.78, 5) is 14.9. The zero-order chi connectivity index (χ0) is 22.0. The molecule has 162 valence electrons. The fourth-order valence-electron chi connectivity index (χ4n) is 3.71. The molecule has 1 aliphatic heterocycles. The van der Waals surface area contributed by atoms with Gasteiger partial charge < -0.3 is 4.90 Å². The number of carbonyl (C=O) groups is 1. The Bertz CT molecular complexity index is 1080. The van der Waals surface area contributed by atoms with Crippen molar-refractivity contribution in [2.75, 3.05) is 13.1 Å². The van der Waals surface area contributed by atoms with E-state index in [0.717, 1.165) is 25.9 Å². The zero-order valence-electron chi connectivity index (χ0n) is 17.5. The molecule has 8 heteroatoms. The molecular formula is C23H24ClFN4OS. The fraction of sp³-hybridized carbons (Fsp3) is 0.348. The maximum Gasteiger partial charge on any atom is 0.235 e. The highest BCUT2D eigenvalue weighted by Gasteiger charge is 2.28. The summed E-state index contributed by atoms with van der Waals surface area (Å²) in [5, 5.41) is 9.20. The number of piperidine rings is 1. The molecule has 1 aliphatic rings. The number of halogens is 2. The van der Waals surface area contributed by atoms with Gasteiger partial charge in [-0.3, -0.25) is 9.36 Å². The quantitative estimate of drug-likeness (QED) is 0.476. The van der Waals surface area contributed by atoms with E-state index < -0.39 is 5.82 Å². The number of para-hydroxylation sites is 1. The van der Waals surface area contributed by atoms with Crippen molar-refractivity contribution in [1.82, 2.24) is 19.7 Å². The summed E-state index contributed by atoms with van der Waals surface area (Å²) in [6.07, 6.45) is 2.04. The van der Waals surface area contributed by atoms with Gasteiger partial charge in [0.05, 0.1) is 16.0 Å². The summed E-state index contributed by atoms with van der Waals surface area (Å²) >= 11 is 7.68. The first-order valence-corrected chi connectivity index (χ1v) is 11.6. The molecule has 0 N–H and O–H groups in total. The summed E-state index contributed by atoms with van der Waals surface area (Å²) in [5.41, 5.74) is 0.965. The smallest absolute Gasteiger partial charge is 0.235 e.